The standard InChI is InChI=1S/C17H16FN5O2S/c18-11-2-3-14(25-7-4-19)13(8-11)16(24)22-9-12-10-26-17(23-12)15-20-5-1-6-21-15/h1-3,5-6,8,10H,4,7,9,19H2,(H,22,24). The number of nitrogens with one attached hydrogen (secondary N) is 1. The molecule has 1 amide bonds. The second-order valence-corrected chi connectivity index (χ2v) is 6.03. The normalized spacial score (nSPS) is 10.5. The number of rotatable bonds is 7. The number of halogens is 1. The summed E-state index contributed by atoms with van der Waals surface area (Å²) in [7, 11) is 0. The van der Waals surface area contributed by atoms with E-state index in [1.807, 2.05) is 5.38 Å². The minimum atomic E-state index is -0.521. The van der Waals surface area contributed by atoms with Crippen molar-refractivity contribution in [1.29, 1.82) is 0 Å². The third kappa shape index (κ3) is 4.38. The van der Waals surface area contributed by atoms with Crippen LogP contribution in [0.4, 0.5) is 4.39 Å². The smallest absolute Gasteiger partial charge is 0.255 e. The number of benzene rings is 1. The summed E-state index contributed by atoms with van der Waals surface area (Å²) in [6.45, 7) is 0.717. The fraction of sp³-hybridized carbons (Fsp3) is 0.176. The van der Waals surface area contributed by atoms with Crippen molar-refractivity contribution in [1.82, 2.24) is 20.3 Å². The largest absolute Gasteiger partial charge is 0.491 e. The Kier molecular flexibility index (Phi) is 5.82. The highest BCUT2D eigenvalue weighted by Gasteiger charge is 2.15. The van der Waals surface area contributed by atoms with Crippen molar-refractivity contribution in [3.05, 3.63) is 59.1 Å². The Morgan fingerprint density at radius 2 is 2.12 bits per heavy atom. The van der Waals surface area contributed by atoms with Gasteiger partial charge in [0.2, 0.25) is 0 Å². The molecule has 134 valence electrons. The fourth-order valence-corrected chi connectivity index (χ4v) is 2.91. The number of ether oxygens (including phenoxy) is 1. The van der Waals surface area contributed by atoms with Gasteiger partial charge in [-0.15, -0.1) is 11.3 Å². The van der Waals surface area contributed by atoms with E-state index in [4.69, 9.17) is 10.5 Å². The first-order chi connectivity index (χ1) is 12.7. The summed E-state index contributed by atoms with van der Waals surface area (Å²) in [4.78, 5) is 25.1. The van der Waals surface area contributed by atoms with E-state index in [9.17, 15) is 9.18 Å². The topological polar surface area (TPSA) is 103 Å². The molecule has 0 saturated carbocycles. The molecule has 7 nitrogen and oxygen atoms in total. The van der Waals surface area contributed by atoms with E-state index in [1.165, 1.54) is 23.5 Å². The molecule has 0 aliphatic heterocycles. The molecule has 0 aliphatic rings. The highest BCUT2D eigenvalue weighted by Crippen LogP contribution is 2.21. The number of hydrogen-bond donors (Lipinski definition) is 2. The van der Waals surface area contributed by atoms with Gasteiger partial charge in [-0.05, 0) is 24.3 Å². The van der Waals surface area contributed by atoms with Crippen LogP contribution in [0.5, 0.6) is 5.75 Å². The Morgan fingerprint density at radius 3 is 2.88 bits per heavy atom. The second-order valence-electron chi connectivity index (χ2n) is 5.18. The molecule has 1 aromatic carbocycles. The van der Waals surface area contributed by atoms with Crippen LogP contribution >= 0.6 is 11.3 Å². The van der Waals surface area contributed by atoms with Crippen LogP contribution in [0.2, 0.25) is 0 Å². The minimum Gasteiger partial charge on any atom is -0.491 e. The molecule has 0 saturated heterocycles. The van der Waals surface area contributed by atoms with Gasteiger partial charge in [-0.1, -0.05) is 0 Å². The van der Waals surface area contributed by atoms with Crippen molar-refractivity contribution in [2.75, 3.05) is 13.2 Å². The molecule has 0 fully saturated rings. The lowest BCUT2D eigenvalue weighted by Gasteiger charge is -2.11. The lowest BCUT2D eigenvalue weighted by Crippen LogP contribution is -2.24. The summed E-state index contributed by atoms with van der Waals surface area (Å²) in [6, 6.07) is 5.50. The van der Waals surface area contributed by atoms with Gasteiger partial charge in [0, 0.05) is 24.3 Å². The predicted octanol–water partition coefficient (Wildman–Crippen LogP) is 2.01. The molecule has 0 spiro atoms. The van der Waals surface area contributed by atoms with E-state index in [1.54, 1.807) is 18.5 Å². The van der Waals surface area contributed by atoms with Crippen molar-refractivity contribution in [2.24, 2.45) is 5.73 Å². The van der Waals surface area contributed by atoms with E-state index in [-0.39, 0.29) is 24.5 Å². The SMILES string of the molecule is NCCOc1ccc(F)cc1C(=O)NCc1csc(-c2ncccn2)n1. The lowest BCUT2D eigenvalue weighted by molar-refractivity contribution is 0.0946. The quantitative estimate of drug-likeness (QED) is 0.657. The highest BCUT2D eigenvalue weighted by molar-refractivity contribution is 7.13. The van der Waals surface area contributed by atoms with Crippen LogP contribution in [0.3, 0.4) is 0 Å². The number of thiazole rings is 1. The molecule has 0 aliphatic carbocycles. The molecule has 0 bridgehead atoms. The van der Waals surface area contributed by atoms with Gasteiger partial charge in [0.05, 0.1) is 17.8 Å². The lowest BCUT2D eigenvalue weighted by atomic mass is 10.2. The first-order valence-corrected chi connectivity index (χ1v) is 8.67. The first kappa shape index (κ1) is 17.9. The van der Waals surface area contributed by atoms with Crippen LogP contribution in [0.25, 0.3) is 10.8 Å². The molecule has 3 aromatic rings. The Morgan fingerprint density at radius 1 is 1.31 bits per heavy atom. The molecule has 9 heteroatoms. The van der Waals surface area contributed by atoms with E-state index >= 15 is 0 Å². The van der Waals surface area contributed by atoms with Gasteiger partial charge >= 0.3 is 0 Å². The summed E-state index contributed by atoms with van der Waals surface area (Å²) in [5.74, 6) is -0.168. The maximum atomic E-state index is 13.5. The van der Waals surface area contributed by atoms with Gasteiger partial charge < -0.3 is 15.8 Å². The molecular formula is C17H16FN5O2S. The predicted molar refractivity (Wildman–Crippen MR) is 95.3 cm³/mol. The number of amides is 1. The third-order valence-electron chi connectivity index (χ3n) is 3.30. The minimum absolute atomic E-state index is 0.111. The van der Waals surface area contributed by atoms with Crippen LogP contribution < -0.4 is 15.8 Å². The number of aromatic nitrogens is 3. The fourth-order valence-electron chi connectivity index (χ4n) is 2.14. The van der Waals surface area contributed by atoms with E-state index in [2.05, 4.69) is 20.3 Å². The molecule has 26 heavy (non-hydrogen) atoms. The number of nitrogens with zero attached hydrogens (tertiary/aromatic N) is 3. The zero-order chi connectivity index (χ0) is 18.4. The Balaban J connectivity index is 1.68. The van der Waals surface area contributed by atoms with Crippen LogP contribution in [-0.2, 0) is 6.54 Å². The van der Waals surface area contributed by atoms with Crippen molar-refractivity contribution in [3.8, 4) is 16.6 Å². The number of hydrogen-bond acceptors (Lipinski definition) is 7. The monoisotopic (exact) mass is 373 g/mol. The van der Waals surface area contributed by atoms with E-state index in [0.717, 1.165) is 6.07 Å². The molecule has 0 unspecified atom stereocenters. The first-order valence-electron chi connectivity index (χ1n) is 7.80. The molecule has 0 atom stereocenters. The zero-order valence-electron chi connectivity index (χ0n) is 13.7. The van der Waals surface area contributed by atoms with Gasteiger partial charge in [-0.25, -0.2) is 19.3 Å². The Labute approximate surface area is 153 Å². The van der Waals surface area contributed by atoms with Gasteiger partial charge in [-0.3, -0.25) is 4.79 Å². The zero-order valence-corrected chi connectivity index (χ0v) is 14.5. The third-order valence-corrected chi connectivity index (χ3v) is 4.19. The Hall–Kier alpha value is -2.91. The van der Waals surface area contributed by atoms with Gasteiger partial charge in [0.15, 0.2) is 10.8 Å². The molecule has 3 rings (SSSR count). The van der Waals surface area contributed by atoms with E-state index < -0.39 is 11.7 Å². The van der Waals surface area contributed by atoms with Crippen LogP contribution in [0.1, 0.15) is 16.1 Å². The second kappa shape index (κ2) is 8.45. The van der Waals surface area contributed by atoms with Crippen molar-refractivity contribution >= 4 is 17.2 Å². The van der Waals surface area contributed by atoms with Gasteiger partial charge in [0.1, 0.15) is 18.2 Å². The van der Waals surface area contributed by atoms with Crippen molar-refractivity contribution in [2.45, 2.75) is 6.54 Å². The van der Waals surface area contributed by atoms with Crippen molar-refractivity contribution in [3.63, 3.8) is 0 Å². The average Bonchev–Trinajstić information content (AvgIpc) is 3.15. The van der Waals surface area contributed by atoms with Crippen LogP contribution in [0, 0.1) is 5.82 Å². The number of carbonyl (C=O) groups excluding carboxylic acids is 1. The Bertz CT molecular complexity index is 888. The maximum absolute atomic E-state index is 13.5. The van der Waals surface area contributed by atoms with E-state index in [0.29, 0.717) is 23.1 Å². The molecule has 2 heterocycles. The summed E-state index contributed by atoms with van der Waals surface area (Å²) in [5, 5.41) is 5.18. The summed E-state index contributed by atoms with van der Waals surface area (Å²) in [5.41, 5.74) is 6.17. The number of nitrogens with two attached hydrogens (primary N) is 1. The molecular weight excluding hydrogens is 357 g/mol. The molecule has 0 radical (unpaired) electrons. The van der Waals surface area contributed by atoms with Crippen LogP contribution in [-0.4, -0.2) is 34.0 Å². The highest BCUT2D eigenvalue weighted by atomic mass is 32.1. The van der Waals surface area contributed by atoms with Crippen molar-refractivity contribution < 1.29 is 13.9 Å². The summed E-state index contributed by atoms with van der Waals surface area (Å²) >= 11 is 1.38. The number of carbonyl (C=O) groups is 1. The summed E-state index contributed by atoms with van der Waals surface area (Å²) in [6.07, 6.45) is 3.27. The van der Waals surface area contributed by atoms with Crippen LogP contribution in [0.15, 0.2) is 42.0 Å². The van der Waals surface area contributed by atoms with Gasteiger partial charge in [-0.2, -0.15) is 0 Å². The van der Waals surface area contributed by atoms with Gasteiger partial charge in [0.25, 0.3) is 5.91 Å². The summed E-state index contributed by atoms with van der Waals surface area (Å²) < 4.78 is 18.9. The molecule has 3 N–H and O–H groups in total. The average molecular weight is 373 g/mol. The molecule has 2 aromatic heterocycles. The maximum Gasteiger partial charge on any atom is 0.255 e.